The maximum absolute atomic E-state index is 13.7. The molecule has 0 saturated carbocycles. The highest BCUT2D eigenvalue weighted by Crippen LogP contribution is 2.36. The largest absolute Gasteiger partial charge is 0.333 e. The molecule has 1 aliphatic heterocycles. The third-order valence-corrected chi connectivity index (χ3v) is 5.63. The summed E-state index contributed by atoms with van der Waals surface area (Å²) in [5.74, 6) is 0. The highest BCUT2D eigenvalue weighted by atomic mass is 35.5. The van der Waals surface area contributed by atoms with E-state index < -0.39 is 0 Å². The molecule has 0 bridgehead atoms. The molecule has 142 valence electrons. The third kappa shape index (κ3) is 3.25. The maximum atomic E-state index is 13.7. The Morgan fingerprint density at radius 1 is 1.07 bits per heavy atom. The quantitative estimate of drug-likeness (QED) is 0.538. The van der Waals surface area contributed by atoms with Gasteiger partial charge in [-0.3, -0.25) is 14.8 Å². The Labute approximate surface area is 170 Å². The summed E-state index contributed by atoms with van der Waals surface area (Å²) in [6.45, 7) is 6.65. The number of hydrogen-bond acceptors (Lipinski definition) is 2. The summed E-state index contributed by atoms with van der Waals surface area (Å²) in [5.41, 5.74) is 6.81. The molecule has 0 N–H and O–H groups in total. The average molecular weight is 392 g/mol. The van der Waals surface area contributed by atoms with Crippen molar-refractivity contribution >= 4 is 34.7 Å². The van der Waals surface area contributed by atoms with Crippen LogP contribution in [0.25, 0.3) is 0 Å². The fourth-order valence-corrected chi connectivity index (χ4v) is 3.75. The Kier molecular flexibility index (Phi) is 4.82. The van der Waals surface area contributed by atoms with Crippen LogP contribution in [0.15, 0.2) is 54.9 Å². The maximum Gasteiger partial charge on any atom is 0.333 e. The lowest BCUT2D eigenvalue weighted by molar-refractivity contribution is 0.254. The Morgan fingerprint density at radius 3 is 2.54 bits per heavy atom. The molecule has 4 rings (SSSR count). The number of anilines is 3. The molecule has 2 amide bonds. The SMILES string of the molecule is Cc1ccc(N(C(=O)N2CCc3cc(C)c(Cl)cc32)c2cnccc2C)cc1. The summed E-state index contributed by atoms with van der Waals surface area (Å²) in [7, 11) is 0. The summed E-state index contributed by atoms with van der Waals surface area (Å²) in [6, 6.07) is 13.8. The minimum atomic E-state index is -0.0985. The van der Waals surface area contributed by atoms with Crippen LogP contribution in [0, 0.1) is 20.8 Å². The van der Waals surface area contributed by atoms with Crippen molar-refractivity contribution in [3.05, 3.63) is 82.1 Å². The number of halogens is 1. The molecule has 1 aromatic heterocycles. The molecular formula is C23H22ClN3O. The highest BCUT2D eigenvalue weighted by Gasteiger charge is 2.31. The van der Waals surface area contributed by atoms with Crippen LogP contribution >= 0.6 is 11.6 Å². The molecule has 0 radical (unpaired) electrons. The molecule has 1 aliphatic rings. The first-order valence-electron chi connectivity index (χ1n) is 9.33. The molecule has 5 heteroatoms. The number of benzene rings is 2. The van der Waals surface area contributed by atoms with Crippen LogP contribution in [0.2, 0.25) is 5.02 Å². The van der Waals surface area contributed by atoms with Crippen molar-refractivity contribution in [3.8, 4) is 0 Å². The van der Waals surface area contributed by atoms with E-state index >= 15 is 0 Å². The Hall–Kier alpha value is -2.85. The molecular weight excluding hydrogens is 370 g/mol. The number of carbonyl (C=O) groups is 1. The third-order valence-electron chi connectivity index (χ3n) is 5.22. The van der Waals surface area contributed by atoms with E-state index in [0.717, 1.165) is 45.7 Å². The average Bonchev–Trinajstić information content (AvgIpc) is 3.08. The van der Waals surface area contributed by atoms with Crippen molar-refractivity contribution < 1.29 is 4.79 Å². The van der Waals surface area contributed by atoms with Crippen LogP contribution in [-0.2, 0) is 6.42 Å². The van der Waals surface area contributed by atoms with E-state index in [2.05, 4.69) is 11.1 Å². The number of amides is 2. The van der Waals surface area contributed by atoms with Gasteiger partial charge in [0.1, 0.15) is 0 Å². The van der Waals surface area contributed by atoms with Crippen LogP contribution in [-0.4, -0.2) is 17.6 Å². The number of aryl methyl sites for hydroxylation is 3. The van der Waals surface area contributed by atoms with Gasteiger partial charge >= 0.3 is 6.03 Å². The smallest absolute Gasteiger partial charge is 0.293 e. The minimum Gasteiger partial charge on any atom is -0.293 e. The highest BCUT2D eigenvalue weighted by molar-refractivity contribution is 6.31. The summed E-state index contributed by atoms with van der Waals surface area (Å²) in [5, 5.41) is 0.679. The van der Waals surface area contributed by atoms with Crippen molar-refractivity contribution in [2.75, 3.05) is 16.3 Å². The van der Waals surface area contributed by atoms with Gasteiger partial charge < -0.3 is 0 Å². The van der Waals surface area contributed by atoms with Gasteiger partial charge in [-0.1, -0.05) is 35.4 Å². The van der Waals surface area contributed by atoms with E-state index in [0.29, 0.717) is 11.6 Å². The van der Waals surface area contributed by atoms with E-state index in [4.69, 9.17) is 11.6 Å². The first kappa shape index (κ1) is 18.5. The Morgan fingerprint density at radius 2 is 1.82 bits per heavy atom. The summed E-state index contributed by atoms with van der Waals surface area (Å²) in [4.78, 5) is 21.5. The fourth-order valence-electron chi connectivity index (χ4n) is 3.59. The van der Waals surface area contributed by atoms with Gasteiger partial charge in [-0.15, -0.1) is 0 Å². The van der Waals surface area contributed by atoms with E-state index in [1.54, 1.807) is 17.3 Å². The molecule has 0 unspecified atom stereocenters. The van der Waals surface area contributed by atoms with Crippen molar-refractivity contribution in [3.63, 3.8) is 0 Å². The summed E-state index contributed by atoms with van der Waals surface area (Å²) in [6.07, 6.45) is 4.31. The van der Waals surface area contributed by atoms with Crippen molar-refractivity contribution in [2.45, 2.75) is 27.2 Å². The minimum absolute atomic E-state index is 0.0985. The lowest BCUT2D eigenvalue weighted by atomic mass is 10.1. The van der Waals surface area contributed by atoms with Crippen LogP contribution < -0.4 is 9.80 Å². The molecule has 2 heterocycles. The Bertz CT molecular complexity index is 1050. The molecule has 3 aromatic rings. The molecule has 28 heavy (non-hydrogen) atoms. The van der Waals surface area contributed by atoms with E-state index in [1.807, 2.05) is 62.1 Å². The van der Waals surface area contributed by atoms with Gasteiger partial charge in [0, 0.05) is 17.8 Å². The number of carbonyl (C=O) groups excluding carboxylic acids is 1. The lowest BCUT2D eigenvalue weighted by Gasteiger charge is -2.29. The predicted molar refractivity (Wildman–Crippen MR) is 115 cm³/mol. The van der Waals surface area contributed by atoms with Crippen LogP contribution in [0.4, 0.5) is 21.9 Å². The topological polar surface area (TPSA) is 36.4 Å². The van der Waals surface area contributed by atoms with Gasteiger partial charge in [0.15, 0.2) is 0 Å². The van der Waals surface area contributed by atoms with Gasteiger partial charge in [-0.25, -0.2) is 4.79 Å². The van der Waals surface area contributed by atoms with Crippen LogP contribution in [0.5, 0.6) is 0 Å². The van der Waals surface area contributed by atoms with E-state index in [-0.39, 0.29) is 6.03 Å². The molecule has 0 spiro atoms. The van der Waals surface area contributed by atoms with E-state index in [1.165, 1.54) is 0 Å². The fraction of sp³-hybridized carbons (Fsp3) is 0.217. The zero-order valence-corrected chi connectivity index (χ0v) is 17.0. The second kappa shape index (κ2) is 7.28. The second-order valence-electron chi connectivity index (χ2n) is 7.25. The number of hydrogen-bond donors (Lipinski definition) is 0. The molecule has 0 aliphatic carbocycles. The van der Waals surface area contributed by atoms with Gasteiger partial charge in [-0.05, 0) is 68.1 Å². The number of aromatic nitrogens is 1. The van der Waals surface area contributed by atoms with Gasteiger partial charge in [0.2, 0.25) is 0 Å². The van der Waals surface area contributed by atoms with Crippen molar-refractivity contribution in [1.29, 1.82) is 0 Å². The van der Waals surface area contributed by atoms with Crippen LogP contribution in [0.3, 0.4) is 0 Å². The Balaban J connectivity index is 1.80. The molecule has 0 atom stereocenters. The zero-order chi connectivity index (χ0) is 19.8. The molecule has 0 saturated heterocycles. The number of urea groups is 1. The summed E-state index contributed by atoms with van der Waals surface area (Å²) < 4.78 is 0. The molecule has 2 aromatic carbocycles. The van der Waals surface area contributed by atoms with Gasteiger partial charge in [-0.2, -0.15) is 0 Å². The van der Waals surface area contributed by atoms with Crippen molar-refractivity contribution in [1.82, 2.24) is 4.98 Å². The number of fused-ring (bicyclic) bond motifs is 1. The number of pyridine rings is 1. The van der Waals surface area contributed by atoms with Gasteiger partial charge in [0.05, 0.1) is 23.3 Å². The first-order chi connectivity index (χ1) is 13.5. The van der Waals surface area contributed by atoms with Gasteiger partial charge in [0.25, 0.3) is 0 Å². The second-order valence-corrected chi connectivity index (χ2v) is 7.65. The van der Waals surface area contributed by atoms with Crippen molar-refractivity contribution in [2.24, 2.45) is 0 Å². The zero-order valence-electron chi connectivity index (χ0n) is 16.2. The standard InChI is InChI=1S/C23H22ClN3O/c1-15-4-6-19(7-5-15)27(22-14-25-10-8-16(22)2)23(28)26-11-9-18-12-17(3)20(24)13-21(18)26/h4-8,10,12-14H,9,11H2,1-3H3. The summed E-state index contributed by atoms with van der Waals surface area (Å²) >= 11 is 6.36. The first-order valence-corrected chi connectivity index (χ1v) is 9.71. The number of rotatable bonds is 2. The predicted octanol–water partition coefficient (Wildman–Crippen LogP) is 5.98. The number of nitrogens with zero attached hydrogens (tertiary/aromatic N) is 3. The molecule has 4 nitrogen and oxygen atoms in total. The molecule has 0 fully saturated rings. The monoisotopic (exact) mass is 391 g/mol. The lowest BCUT2D eigenvalue weighted by Crippen LogP contribution is -2.40. The van der Waals surface area contributed by atoms with Crippen LogP contribution in [0.1, 0.15) is 22.3 Å². The normalized spacial score (nSPS) is 12.8. The van der Waals surface area contributed by atoms with E-state index in [9.17, 15) is 4.79 Å².